The van der Waals surface area contributed by atoms with Crippen molar-refractivity contribution in [1.29, 1.82) is 0 Å². The molecule has 0 saturated heterocycles. The number of ether oxygens (including phenoxy) is 1. The zero-order chi connectivity index (χ0) is 14.7. The minimum Gasteiger partial charge on any atom is -0.462 e. The summed E-state index contributed by atoms with van der Waals surface area (Å²) in [5.41, 5.74) is 7.16. The van der Waals surface area contributed by atoms with Gasteiger partial charge < -0.3 is 10.5 Å². The first-order chi connectivity index (χ1) is 9.58. The van der Waals surface area contributed by atoms with Crippen LogP contribution in [0.1, 0.15) is 17.3 Å². The third-order valence-corrected chi connectivity index (χ3v) is 3.78. The SMILES string of the molecule is CCOC(=O)c1c(SC)nn(-c2cccc(Br)c2)c1N. The van der Waals surface area contributed by atoms with Crippen molar-refractivity contribution in [2.45, 2.75) is 11.9 Å². The van der Waals surface area contributed by atoms with E-state index in [1.165, 1.54) is 11.8 Å². The van der Waals surface area contributed by atoms with Gasteiger partial charge in [0.15, 0.2) is 0 Å². The van der Waals surface area contributed by atoms with Crippen LogP contribution >= 0.6 is 27.7 Å². The van der Waals surface area contributed by atoms with E-state index in [9.17, 15) is 4.79 Å². The number of nitrogens with two attached hydrogens (primary N) is 1. The molecule has 0 bridgehead atoms. The molecular formula is C13H14BrN3O2S. The molecule has 106 valence electrons. The number of benzene rings is 1. The van der Waals surface area contributed by atoms with Crippen LogP contribution in [0.15, 0.2) is 33.8 Å². The highest BCUT2D eigenvalue weighted by molar-refractivity contribution is 9.10. The van der Waals surface area contributed by atoms with E-state index in [1.807, 2.05) is 30.5 Å². The number of rotatable bonds is 4. The van der Waals surface area contributed by atoms with Crippen LogP contribution < -0.4 is 5.73 Å². The molecule has 0 unspecified atom stereocenters. The predicted octanol–water partition coefficient (Wildman–Crippen LogP) is 3.12. The van der Waals surface area contributed by atoms with E-state index < -0.39 is 5.97 Å². The first-order valence-electron chi connectivity index (χ1n) is 5.94. The highest BCUT2D eigenvalue weighted by Crippen LogP contribution is 2.28. The van der Waals surface area contributed by atoms with Gasteiger partial charge in [-0.05, 0) is 31.4 Å². The van der Waals surface area contributed by atoms with Crippen molar-refractivity contribution in [2.75, 3.05) is 18.6 Å². The van der Waals surface area contributed by atoms with E-state index in [-0.39, 0.29) is 5.82 Å². The maximum atomic E-state index is 12.0. The molecule has 0 atom stereocenters. The number of aromatic nitrogens is 2. The second-order valence-electron chi connectivity index (χ2n) is 3.88. The highest BCUT2D eigenvalue weighted by Gasteiger charge is 2.23. The van der Waals surface area contributed by atoms with Gasteiger partial charge in [-0.15, -0.1) is 11.8 Å². The zero-order valence-corrected chi connectivity index (χ0v) is 13.5. The summed E-state index contributed by atoms with van der Waals surface area (Å²) < 4.78 is 7.48. The third kappa shape index (κ3) is 2.83. The molecule has 2 aromatic rings. The number of anilines is 1. The molecular weight excluding hydrogens is 342 g/mol. The summed E-state index contributed by atoms with van der Waals surface area (Å²) in [6, 6.07) is 7.53. The number of nitrogen functional groups attached to an aromatic ring is 1. The van der Waals surface area contributed by atoms with Gasteiger partial charge in [-0.3, -0.25) is 0 Å². The van der Waals surface area contributed by atoms with E-state index in [0.29, 0.717) is 17.2 Å². The molecule has 0 amide bonds. The van der Waals surface area contributed by atoms with Gasteiger partial charge in [0.1, 0.15) is 16.4 Å². The lowest BCUT2D eigenvalue weighted by atomic mass is 10.3. The molecule has 0 aliphatic rings. The molecule has 0 saturated carbocycles. The van der Waals surface area contributed by atoms with Gasteiger partial charge in [0, 0.05) is 4.47 Å². The number of thioether (sulfide) groups is 1. The standard InChI is InChI=1S/C13H14BrN3O2S/c1-3-19-13(18)10-11(15)17(16-12(10)20-2)9-6-4-5-8(14)7-9/h4-7H,3,15H2,1-2H3. The smallest absolute Gasteiger partial charge is 0.344 e. The summed E-state index contributed by atoms with van der Waals surface area (Å²) >= 11 is 4.76. The minimum absolute atomic E-state index is 0.283. The van der Waals surface area contributed by atoms with Crippen LogP contribution in [0.2, 0.25) is 0 Å². The van der Waals surface area contributed by atoms with Crippen molar-refractivity contribution in [2.24, 2.45) is 0 Å². The number of nitrogens with zero attached hydrogens (tertiary/aromatic N) is 2. The van der Waals surface area contributed by atoms with Gasteiger partial charge in [0.2, 0.25) is 0 Å². The second-order valence-corrected chi connectivity index (χ2v) is 5.59. The van der Waals surface area contributed by atoms with E-state index in [2.05, 4.69) is 21.0 Å². The lowest BCUT2D eigenvalue weighted by molar-refractivity contribution is 0.0523. The number of hydrogen-bond donors (Lipinski definition) is 1. The van der Waals surface area contributed by atoms with Crippen molar-refractivity contribution in [1.82, 2.24) is 9.78 Å². The number of carbonyl (C=O) groups excluding carboxylic acids is 1. The van der Waals surface area contributed by atoms with E-state index in [1.54, 1.807) is 11.6 Å². The quantitative estimate of drug-likeness (QED) is 0.673. The normalized spacial score (nSPS) is 10.6. The van der Waals surface area contributed by atoms with Crippen molar-refractivity contribution in [3.63, 3.8) is 0 Å². The summed E-state index contributed by atoms with van der Waals surface area (Å²) in [5, 5.41) is 4.93. The van der Waals surface area contributed by atoms with Crippen molar-refractivity contribution in [3.05, 3.63) is 34.3 Å². The second kappa shape index (κ2) is 6.32. The topological polar surface area (TPSA) is 70.1 Å². The zero-order valence-electron chi connectivity index (χ0n) is 11.1. The third-order valence-electron chi connectivity index (χ3n) is 2.61. The largest absolute Gasteiger partial charge is 0.462 e. The highest BCUT2D eigenvalue weighted by atomic mass is 79.9. The average Bonchev–Trinajstić information content (AvgIpc) is 2.76. The molecule has 1 aromatic heterocycles. The van der Waals surface area contributed by atoms with E-state index >= 15 is 0 Å². The van der Waals surface area contributed by atoms with Gasteiger partial charge in [-0.1, -0.05) is 22.0 Å². The Morgan fingerprint density at radius 1 is 1.55 bits per heavy atom. The number of esters is 1. The lowest BCUT2D eigenvalue weighted by Crippen LogP contribution is -2.09. The van der Waals surface area contributed by atoms with Crippen LogP contribution in [0.25, 0.3) is 5.69 Å². The van der Waals surface area contributed by atoms with E-state index in [4.69, 9.17) is 10.5 Å². The number of hydrogen-bond acceptors (Lipinski definition) is 5. The fourth-order valence-electron chi connectivity index (χ4n) is 1.75. The Morgan fingerprint density at radius 2 is 2.30 bits per heavy atom. The molecule has 0 aliphatic heterocycles. The van der Waals surface area contributed by atoms with Gasteiger partial charge in [-0.2, -0.15) is 5.10 Å². The van der Waals surface area contributed by atoms with Crippen molar-refractivity contribution < 1.29 is 9.53 Å². The molecule has 1 heterocycles. The van der Waals surface area contributed by atoms with Gasteiger partial charge in [0.05, 0.1) is 12.3 Å². The Hall–Kier alpha value is -1.47. The first-order valence-corrected chi connectivity index (χ1v) is 7.95. The summed E-state index contributed by atoms with van der Waals surface area (Å²) in [6.45, 7) is 2.06. The number of carbonyl (C=O) groups is 1. The molecule has 0 aliphatic carbocycles. The lowest BCUT2D eigenvalue weighted by Gasteiger charge is -2.05. The predicted molar refractivity (Wildman–Crippen MR) is 83.4 cm³/mol. The van der Waals surface area contributed by atoms with Gasteiger partial charge >= 0.3 is 5.97 Å². The van der Waals surface area contributed by atoms with Gasteiger partial charge in [0.25, 0.3) is 0 Å². The Balaban J connectivity index is 2.54. The molecule has 5 nitrogen and oxygen atoms in total. The molecule has 7 heteroatoms. The maximum absolute atomic E-state index is 12.0. The minimum atomic E-state index is -0.449. The number of halogens is 1. The summed E-state index contributed by atoms with van der Waals surface area (Å²) in [7, 11) is 0. The van der Waals surface area contributed by atoms with E-state index in [0.717, 1.165) is 10.2 Å². The van der Waals surface area contributed by atoms with Crippen LogP contribution in [0.4, 0.5) is 5.82 Å². The molecule has 20 heavy (non-hydrogen) atoms. The van der Waals surface area contributed by atoms with Crippen molar-refractivity contribution in [3.8, 4) is 5.69 Å². The van der Waals surface area contributed by atoms with Crippen LogP contribution in [-0.2, 0) is 4.74 Å². The molecule has 0 spiro atoms. The molecule has 2 N–H and O–H groups in total. The Bertz CT molecular complexity index is 643. The first kappa shape index (κ1) is 14.9. The fraction of sp³-hybridized carbons (Fsp3) is 0.231. The van der Waals surface area contributed by atoms with Gasteiger partial charge in [-0.25, -0.2) is 9.48 Å². The van der Waals surface area contributed by atoms with Crippen LogP contribution in [0.5, 0.6) is 0 Å². The molecule has 0 radical (unpaired) electrons. The monoisotopic (exact) mass is 355 g/mol. The molecule has 0 fully saturated rings. The van der Waals surface area contributed by atoms with Crippen LogP contribution in [0.3, 0.4) is 0 Å². The Kier molecular flexibility index (Phi) is 4.72. The maximum Gasteiger partial charge on any atom is 0.344 e. The summed E-state index contributed by atoms with van der Waals surface area (Å²) in [5.74, 6) is -0.165. The fourth-order valence-corrected chi connectivity index (χ4v) is 2.70. The summed E-state index contributed by atoms with van der Waals surface area (Å²) in [6.07, 6.45) is 1.84. The van der Waals surface area contributed by atoms with Crippen LogP contribution in [-0.4, -0.2) is 28.6 Å². The molecule has 2 rings (SSSR count). The average molecular weight is 356 g/mol. The van der Waals surface area contributed by atoms with Crippen LogP contribution in [0, 0.1) is 0 Å². The summed E-state index contributed by atoms with van der Waals surface area (Å²) in [4.78, 5) is 12.0. The molecule has 1 aromatic carbocycles. The Labute approximate surface area is 129 Å². The van der Waals surface area contributed by atoms with Crippen molar-refractivity contribution >= 4 is 39.5 Å². The Morgan fingerprint density at radius 3 is 2.90 bits per heavy atom.